The van der Waals surface area contributed by atoms with Crippen molar-refractivity contribution in [2.45, 2.75) is 19.8 Å². The van der Waals surface area contributed by atoms with Crippen molar-refractivity contribution in [1.29, 1.82) is 0 Å². The molecule has 1 amide bonds. The molecule has 6 heteroatoms. The fourth-order valence-electron chi connectivity index (χ4n) is 2.04. The van der Waals surface area contributed by atoms with Crippen LogP contribution < -0.4 is 15.8 Å². The fraction of sp³-hybridized carbons (Fsp3) is 0.375. The summed E-state index contributed by atoms with van der Waals surface area (Å²) in [6.07, 6.45) is 4.20. The number of nitrogens with two attached hydrogens (primary N) is 1. The van der Waals surface area contributed by atoms with E-state index in [4.69, 9.17) is 14.9 Å². The van der Waals surface area contributed by atoms with Crippen LogP contribution in [0.3, 0.4) is 0 Å². The van der Waals surface area contributed by atoms with Crippen LogP contribution in [0.2, 0.25) is 0 Å². The van der Waals surface area contributed by atoms with Crippen LogP contribution in [0.25, 0.3) is 11.3 Å². The summed E-state index contributed by atoms with van der Waals surface area (Å²) in [4.78, 5) is 15.8. The predicted molar refractivity (Wildman–Crippen MR) is 84.6 cm³/mol. The Morgan fingerprint density at radius 3 is 2.95 bits per heavy atom. The molecular weight excluding hydrogens is 282 g/mol. The molecule has 0 aliphatic rings. The van der Waals surface area contributed by atoms with Gasteiger partial charge in [0.05, 0.1) is 18.9 Å². The molecule has 2 aromatic rings. The Morgan fingerprint density at radius 2 is 2.32 bits per heavy atom. The molecule has 1 heterocycles. The molecule has 1 atom stereocenters. The van der Waals surface area contributed by atoms with Crippen LogP contribution in [-0.2, 0) is 4.79 Å². The van der Waals surface area contributed by atoms with Gasteiger partial charge in [-0.1, -0.05) is 6.92 Å². The van der Waals surface area contributed by atoms with Gasteiger partial charge in [0.25, 0.3) is 0 Å². The third-order valence-electron chi connectivity index (χ3n) is 3.45. The minimum Gasteiger partial charge on any atom is -0.496 e. The largest absolute Gasteiger partial charge is 0.496 e. The highest BCUT2D eigenvalue weighted by Crippen LogP contribution is 2.32. The Kier molecular flexibility index (Phi) is 5.55. The quantitative estimate of drug-likeness (QED) is 0.820. The van der Waals surface area contributed by atoms with Gasteiger partial charge in [-0.25, -0.2) is 4.98 Å². The van der Waals surface area contributed by atoms with Crippen molar-refractivity contribution >= 4 is 11.6 Å². The van der Waals surface area contributed by atoms with Gasteiger partial charge < -0.3 is 20.2 Å². The molecule has 0 saturated heterocycles. The molecule has 6 nitrogen and oxygen atoms in total. The predicted octanol–water partition coefficient (Wildman–Crippen LogP) is 2.66. The summed E-state index contributed by atoms with van der Waals surface area (Å²) in [5.41, 5.74) is 7.02. The average molecular weight is 303 g/mol. The van der Waals surface area contributed by atoms with Crippen LogP contribution in [0.15, 0.2) is 35.2 Å². The minimum absolute atomic E-state index is 0.0326. The number of hydrogen-bond donors (Lipinski definition) is 2. The van der Waals surface area contributed by atoms with E-state index < -0.39 is 0 Å². The first kappa shape index (κ1) is 16.0. The van der Waals surface area contributed by atoms with Gasteiger partial charge in [-0.05, 0) is 31.0 Å². The molecule has 0 bridgehead atoms. The minimum atomic E-state index is -0.0326. The van der Waals surface area contributed by atoms with E-state index in [0.717, 1.165) is 12.0 Å². The van der Waals surface area contributed by atoms with Crippen molar-refractivity contribution in [3.63, 3.8) is 0 Å². The maximum absolute atomic E-state index is 11.9. The lowest BCUT2D eigenvalue weighted by molar-refractivity contribution is -0.116. The highest BCUT2D eigenvalue weighted by Gasteiger charge is 2.11. The first-order valence-electron chi connectivity index (χ1n) is 7.21. The van der Waals surface area contributed by atoms with E-state index in [1.54, 1.807) is 19.4 Å². The third kappa shape index (κ3) is 4.08. The van der Waals surface area contributed by atoms with E-state index in [0.29, 0.717) is 36.1 Å². The van der Waals surface area contributed by atoms with E-state index >= 15 is 0 Å². The molecule has 1 unspecified atom stereocenters. The molecule has 0 fully saturated rings. The molecule has 22 heavy (non-hydrogen) atoms. The number of oxazole rings is 1. The van der Waals surface area contributed by atoms with E-state index in [2.05, 4.69) is 10.3 Å². The zero-order valence-electron chi connectivity index (χ0n) is 12.8. The van der Waals surface area contributed by atoms with E-state index in [9.17, 15) is 4.79 Å². The second-order valence-corrected chi connectivity index (χ2v) is 5.21. The number of methoxy groups -OCH3 is 1. The molecule has 0 aliphatic carbocycles. The van der Waals surface area contributed by atoms with Crippen molar-refractivity contribution < 1.29 is 13.9 Å². The smallest absolute Gasteiger partial charge is 0.224 e. The van der Waals surface area contributed by atoms with Gasteiger partial charge in [0.2, 0.25) is 5.91 Å². The molecule has 0 saturated carbocycles. The number of nitrogens with zero attached hydrogens (tertiary/aromatic N) is 1. The summed E-state index contributed by atoms with van der Waals surface area (Å²) in [6.45, 7) is 2.62. The molecular formula is C16H21N3O3. The Morgan fingerprint density at radius 1 is 1.50 bits per heavy atom. The Labute approximate surface area is 129 Å². The molecule has 0 radical (unpaired) electrons. The molecule has 2 rings (SSSR count). The van der Waals surface area contributed by atoms with Gasteiger partial charge in [-0.15, -0.1) is 0 Å². The van der Waals surface area contributed by atoms with Crippen LogP contribution >= 0.6 is 0 Å². The van der Waals surface area contributed by atoms with Gasteiger partial charge >= 0.3 is 0 Å². The van der Waals surface area contributed by atoms with Crippen molar-refractivity contribution in [2.24, 2.45) is 11.7 Å². The maximum Gasteiger partial charge on any atom is 0.224 e. The van der Waals surface area contributed by atoms with Crippen LogP contribution in [0.1, 0.15) is 19.8 Å². The van der Waals surface area contributed by atoms with Crippen LogP contribution in [0.4, 0.5) is 5.69 Å². The molecule has 0 aliphatic heterocycles. The number of aromatic nitrogens is 1. The average Bonchev–Trinajstić information content (AvgIpc) is 3.06. The normalized spacial score (nSPS) is 12.0. The number of carbonyl (C=O) groups is 1. The van der Waals surface area contributed by atoms with Crippen LogP contribution in [0, 0.1) is 5.92 Å². The number of benzene rings is 1. The lowest BCUT2D eigenvalue weighted by Crippen LogP contribution is -2.16. The van der Waals surface area contributed by atoms with Crippen molar-refractivity contribution in [3.05, 3.63) is 30.8 Å². The molecule has 1 aromatic carbocycles. The van der Waals surface area contributed by atoms with Gasteiger partial charge in [0, 0.05) is 18.2 Å². The number of amides is 1. The van der Waals surface area contributed by atoms with E-state index in [1.165, 1.54) is 6.39 Å². The third-order valence-corrected chi connectivity index (χ3v) is 3.45. The first-order valence-corrected chi connectivity index (χ1v) is 7.21. The Hall–Kier alpha value is -2.34. The summed E-state index contributed by atoms with van der Waals surface area (Å²) in [5, 5.41) is 2.86. The number of ether oxygens (including phenoxy) is 1. The summed E-state index contributed by atoms with van der Waals surface area (Å²) >= 11 is 0. The maximum atomic E-state index is 11.9. The first-order chi connectivity index (χ1) is 10.6. The van der Waals surface area contributed by atoms with Crippen molar-refractivity contribution in [1.82, 2.24) is 4.98 Å². The van der Waals surface area contributed by atoms with Gasteiger partial charge in [-0.3, -0.25) is 4.79 Å². The highest BCUT2D eigenvalue weighted by molar-refractivity contribution is 5.91. The second-order valence-electron chi connectivity index (χ2n) is 5.21. The summed E-state index contributed by atoms with van der Waals surface area (Å²) < 4.78 is 10.6. The van der Waals surface area contributed by atoms with Gasteiger partial charge in [0.15, 0.2) is 12.2 Å². The molecule has 0 spiro atoms. The monoisotopic (exact) mass is 303 g/mol. The fourth-order valence-corrected chi connectivity index (χ4v) is 2.04. The topological polar surface area (TPSA) is 90.4 Å². The van der Waals surface area contributed by atoms with E-state index in [-0.39, 0.29) is 5.91 Å². The number of nitrogens with one attached hydrogen (secondary N) is 1. The summed E-state index contributed by atoms with van der Waals surface area (Å²) in [7, 11) is 1.57. The Bertz CT molecular complexity index is 611. The zero-order chi connectivity index (χ0) is 15.9. The van der Waals surface area contributed by atoms with Gasteiger partial charge in [-0.2, -0.15) is 0 Å². The summed E-state index contributed by atoms with van der Waals surface area (Å²) in [6, 6.07) is 5.41. The van der Waals surface area contributed by atoms with Crippen LogP contribution in [0.5, 0.6) is 5.75 Å². The lowest BCUT2D eigenvalue weighted by atomic mass is 10.1. The van der Waals surface area contributed by atoms with E-state index in [1.807, 2.05) is 19.1 Å². The molecule has 3 N–H and O–H groups in total. The Balaban J connectivity index is 2.05. The molecule has 1 aromatic heterocycles. The van der Waals surface area contributed by atoms with Crippen LogP contribution in [-0.4, -0.2) is 24.5 Å². The SMILES string of the molecule is COc1cc(NC(=O)CCC(C)CN)ccc1-c1cnco1. The van der Waals surface area contributed by atoms with Gasteiger partial charge in [0.1, 0.15) is 5.75 Å². The number of rotatable bonds is 7. The van der Waals surface area contributed by atoms with Crippen molar-refractivity contribution in [3.8, 4) is 17.1 Å². The number of anilines is 1. The molecule has 118 valence electrons. The summed E-state index contributed by atoms with van der Waals surface area (Å²) in [5.74, 6) is 1.54. The zero-order valence-corrected chi connectivity index (χ0v) is 12.8. The number of carbonyl (C=O) groups excluding carboxylic acids is 1. The highest BCUT2D eigenvalue weighted by atomic mass is 16.5. The van der Waals surface area contributed by atoms with Crippen molar-refractivity contribution in [2.75, 3.05) is 19.0 Å². The number of hydrogen-bond acceptors (Lipinski definition) is 5. The second kappa shape index (κ2) is 7.61. The lowest BCUT2D eigenvalue weighted by Gasteiger charge is -2.11. The standard InChI is InChI=1S/C16H21N3O3/c1-11(8-17)3-6-16(20)19-12-4-5-13(14(7-12)21-2)15-9-18-10-22-15/h4-5,7,9-11H,3,6,8,17H2,1-2H3,(H,19,20).